The summed E-state index contributed by atoms with van der Waals surface area (Å²) >= 11 is 0. The van der Waals surface area contributed by atoms with E-state index in [4.69, 9.17) is 18.9 Å². The number of benzene rings is 2. The monoisotopic (exact) mass is 558 g/mol. The molecule has 1 saturated carbocycles. The molecule has 8 heteroatoms. The first-order chi connectivity index (χ1) is 20.0. The van der Waals surface area contributed by atoms with Crippen LogP contribution in [0.4, 0.5) is 0 Å². The molecule has 6 rings (SSSR count). The largest absolute Gasteiger partial charge is 0.497 e. The van der Waals surface area contributed by atoms with Crippen molar-refractivity contribution in [2.24, 2.45) is 11.8 Å². The number of carbonyl (C=O) groups excluding carboxylic acids is 2. The number of piperidine rings is 1. The molecule has 2 fully saturated rings. The number of esters is 2. The maximum atomic E-state index is 13.9. The van der Waals surface area contributed by atoms with Crippen molar-refractivity contribution in [3.8, 4) is 5.75 Å². The van der Waals surface area contributed by atoms with Gasteiger partial charge in [-0.2, -0.15) is 0 Å². The Bertz CT molecular complexity index is 1430. The first-order valence-electron chi connectivity index (χ1n) is 14.5. The van der Waals surface area contributed by atoms with E-state index >= 15 is 0 Å². The van der Waals surface area contributed by atoms with Crippen LogP contribution in [0.3, 0.4) is 0 Å². The van der Waals surface area contributed by atoms with E-state index in [0.717, 1.165) is 42.8 Å². The molecule has 0 amide bonds. The first-order valence-corrected chi connectivity index (χ1v) is 14.5. The second kappa shape index (κ2) is 11.3. The second-order valence-electron chi connectivity index (χ2n) is 11.4. The number of methoxy groups -OCH3 is 2. The van der Waals surface area contributed by atoms with E-state index in [2.05, 4.69) is 22.5 Å². The van der Waals surface area contributed by atoms with Gasteiger partial charge in [-0.3, -0.25) is 9.69 Å². The molecule has 1 aliphatic carbocycles. The number of H-pyrrole nitrogens is 1. The van der Waals surface area contributed by atoms with Gasteiger partial charge in [-0.1, -0.05) is 36.4 Å². The SMILES string of the molecule is C=CCC(=O)O[C@]1(C(=O)OC)[C@H](OCc2ccccc2)CC[C@@H]2CN3CCc4c([nH]c5cc(OC)ccc45)[C@@H]3C[C@@H]21. The minimum absolute atomic E-state index is 0.00505. The summed E-state index contributed by atoms with van der Waals surface area (Å²) < 4.78 is 23.6. The van der Waals surface area contributed by atoms with Crippen molar-refractivity contribution in [2.45, 2.75) is 56.5 Å². The van der Waals surface area contributed by atoms with Gasteiger partial charge in [0.1, 0.15) is 11.9 Å². The van der Waals surface area contributed by atoms with E-state index in [-0.39, 0.29) is 24.3 Å². The van der Waals surface area contributed by atoms with Crippen LogP contribution in [0.1, 0.15) is 48.5 Å². The molecule has 1 N–H and O–H groups in total. The van der Waals surface area contributed by atoms with Crippen LogP contribution in [0.15, 0.2) is 61.2 Å². The van der Waals surface area contributed by atoms with Gasteiger partial charge in [0.05, 0.1) is 33.3 Å². The molecule has 0 bridgehead atoms. The number of hydrogen-bond donors (Lipinski definition) is 1. The van der Waals surface area contributed by atoms with Gasteiger partial charge in [0.25, 0.3) is 0 Å². The van der Waals surface area contributed by atoms with Crippen molar-refractivity contribution in [1.29, 1.82) is 0 Å². The third kappa shape index (κ3) is 4.83. The number of aromatic nitrogens is 1. The van der Waals surface area contributed by atoms with Crippen LogP contribution < -0.4 is 4.74 Å². The normalized spacial score (nSPS) is 27.3. The molecule has 3 heterocycles. The highest BCUT2D eigenvalue weighted by atomic mass is 16.6. The quantitative estimate of drug-likeness (QED) is 0.303. The summed E-state index contributed by atoms with van der Waals surface area (Å²) in [5.41, 5.74) is 2.96. The minimum atomic E-state index is -1.55. The molecule has 41 heavy (non-hydrogen) atoms. The van der Waals surface area contributed by atoms with Gasteiger partial charge in [-0.15, -0.1) is 6.58 Å². The summed E-state index contributed by atoms with van der Waals surface area (Å²) in [5.74, 6) is -0.352. The number of fused-ring (bicyclic) bond motifs is 6. The fourth-order valence-corrected chi connectivity index (χ4v) is 7.46. The average molecular weight is 559 g/mol. The van der Waals surface area contributed by atoms with Crippen LogP contribution in [0.5, 0.6) is 5.75 Å². The third-order valence-electron chi connectivity index (χ3n) is 9.31. The number of hydrogen-bond acceptors (Lipinski definition) is 7. The maximum Gasteiger partial charge on any atom is 0.353 e. The Morgan fingerprint density at radius 3 is 2.73 bits per heavy atom. The van der Waals surface area contributed by atoms with Crippen molar-refractivity contribution in [3.05, 3.63) is 78.0 Å². The average Bonchev–Trinajstić information content (AvgIpc) is 3.38. The molecule has 8 nitrogen and oxygen atoms in total. The molecule has 216 valence electrons. The van der Waals surface area contributed by atoms with Gasteiger partial charge < -0.3 is 23.9 Å². The summed E-state index contributed by atoms with van der Waals surface area (Å²) in [5, 5.41) is 1.20. The Hall–Kier alpha value is -3.62. The smallest absolute Gasteiger partial charge is 0.353 e. The Labute approximate surface area is 240 Å². The lowest BCUT2D eigenvalue weighted by Crippen LogP contribution is -2.66. The lowest BCUT2D eigenvalue weighted by Gasteiger charge is -2.55. The molecular weight excluding hydrogens is 520 g/mol. The van der Waals surface area contributed by atoms with Crippen LogP contribution in [0, 0.1) is 11.8 Å². The highest BCUT2D eigenvalue weighted by molar-refractivity contribution is 5.87. The molecule has 3 aliphatic rings. The first kappa shape index (κ1) is 27.5. The lowest BCUT2D eigenvalue weighted by molar-refractivity contribution is -0.233. The van der Waals surface area contributed by atoms with E-state index in [1.165, 1.54) is 29.8 Å². The highest BCUT2D eigenvalue weighted by Crippen LogP contribution is 2.53. The van der Waals surface area contributed by atoms with E-state index in [1.54, 1.807) is 7.11 Å². The molecule has 3 aromatic rings. The molecule has 0 radical (unpaired) electrons. The summed E-state index contributed by atoms with van der Waals surface area (Å²) in [7, 11) is 3.04. The number of nitrogens with zero attached hydrogens (tertiary/aromatic N) is 1. The van der Waals surface area contributed by atoms with Crippen molar-refractivity contribution in [1.82, 2.24) is 9.88 Å². The Kier molecular flexibility index (Phi) is 7.62. The second-order valence-corrected chi connectivity index (χ2v) is 11.4. The van der Waals surface area contributed by atoms with E-state index < -0.39 is 23.6 Å². The predicted molar refractivity (Wildman–Crippen MR) is 154 cm³/mol. The molecular formula is C33H38N2O6. The van der Waals surface area contributed by atoms with Gasteiger partial charge >= 0.3 is 11.9 Å². The lowest BCUT2D eigenvalue weighted by atomic mass is 9.62. The Morgan fingerprint density at radius 1 is 1.15 bits per heavy atom. The number of carbonyl (C=O) groups is 2. The molecule has 1 aromatic heterocycles. The molecule has 2 aliphatic heterocycles. The zero-order chi connectivity index (χ0) is 28.6. The summed E-state index contributed by atoms with van der Waals surface area (Å²) in [6, 6.07) is 16.0. The van der Waals surface area contributed by atoms with Gasteiger partial charge in [0.15, 0.2) is 0 Å². The molecule has 1 saturated heterocycles. The van der Waals surface area contributed by atoms with Gasteiger partial charge in [0, 0.05) is 41.7 Å². The zero-order valence-corrected chi connectivity index (χ0v) is 23.8. The topological polar surface area (TPSA) is 90.1 Å². The van der Waals surface area contributed by atoms with Crippen LogP contribution >= 0.6 is 0 Å². The van der Waals surface area contributed by atoms with Crippen molar-refractivity contribution in [3.63, 3.8) is 0 Å². The van der Waals surface area contributed by atoms with Crippen molar-refractivity contribution >= 4 is 22.8 Å². The van der Waals surface area contributed by atoms with Gasteiger partial charge in [0.2, 0.25) is 5.60 Å². The fourth-order valence-electron chi connectivity index (χ4n) is 7.46. The molecule has 0 unspecified atom stereocenters. The van der Waals surface area contributed by atoms with Crippen molar-refractivity contribution < 1.29 is 28.5 Å². The van der Waals surface area contributed by atoms with E-state index in [9.17, 15) is 9.59 Å². The maximum absolute atomic E-state index is 13.9. The molecule has 5 atom stereocenters. The van der Waals surface area contributed by atoms with Gasteiger partial charge in [-0.05, 0) is 54.9 Å². The summed E-state index contributed by atoms with van der Waals surface area (Å²) in [6.07, 6.45) is 3.94. The number of rotatable bonds is 8. The number of nitrogens with one attached hydrogen (secondary N) is 1. The molecule has 2 aromatic carbocycles. The fraction of sp³-hybridized carbons (Fsp3) is 0.455. The van der Waals surface area contributed by atoms with Crippen molar-refractivity contribution in [2.75, 3.05) is 27.3 Å². The van der Waals surface area contributed by atoms with Crippen LogP contribution in [0.25, 0.3) is 10.9 Å². The standard InChI is InChI=1S/C33H38N2O6/c1-4-8-30(36)41-33(32(37)39-3)26-18-28-31-25(24-13-12-23(38-2)17-27(24)34-31)15-16-35(28)19-22(26)11-14-29(33)40-20-21-9-6-5-7-10-21/h4-7,9-10,12-13,17,22,26,28-29,34H,1,8,11,14-16,18-20H2,2-3H3/t22-,26+,28+,29-,33+/m1/s1. The summed E-state index contributed by atoms with van der Waals surface area (Å²) in [4.78, 5) is 33.2. The highest BCUT2D eigenvalue weighted by Gasteiger charge is 2.63. The van der Waals surface area contributed by atoms with Crippen LogP contribution in [0.2, 0.25) is 0 Å². The third-order valence-corrected chi connectivity index (χ3v) is 9.31. The number of aromatic amines is 1. The number of ether oxygens (including phenoxy) is 4. The minimum Gasteiger partial charge on any atom is -0.497 e. The Balaban J connectivity index is 1.39. The van der Waals surface area contributed by atoms with E-state index in [0.29, 0.717) is 19.4 Å². The predicted octanol–water partition coefficient (Wildman–Crippen LogP) is 5.12. The summed E-state index contributed by atoms with van der Waals surface area (Å²) in [6.45, 7) is 5.77. The Morgan fingerprint density at radius 2 is 1.98 bits per heavy atom. The van der Waals surface area contributed by atoms with Gasteiger partial charge in [-0.25, -0.2) is 4.79 Å². The van der Waals surface area contributed by atoms with Crippen LogP contribution in [-0.4, -0.2) is 60.8 Å². The van der Waals surface area contributed by atoms with Crippen LogP contribution in [-0.2, 0) is 36.8 Å². The molecule has 0 spiro atoms. The van der Waals surface area contributed by atoms with E-state index in [1.807, 2.05) is 42.5 Å². The zero-order valence-electron chi connectivity index (χ0n) is 23.8.